The molecule has 2 aromatic rings. The van der Waals surface area contributed by atoms with Gasteiger partial charge in [-0.1, -0.05) is 42.5 Å². The lowest BCUT2D eigenvalue weighted by molar-refractivity contribution is 0.358. The molecule has 0 saturated carbocycles. The van der Waals surface area contributed by atoms with Crippen molar-refractivity contribution in [1.29, 1.82) is 0 Å². The van der Waals surface area contributed by atoms with Crippen LogP contribution in [0.3, 0.4) is 0 Å². The first kappa shape index (κ1) is 16.1. The molecule has 2 heterocycles. The maximum Gasteiger partial charge on any atom is 0.144 e. The molecule has 130 valence electrons. The van der Waals surface area contributed by atoms with Gasteiger partial charge in [-0.15, -0.1) is 0 Å². The minimum atomic E-state index is -0.302. The summed E-state index contributed by atoms with van der Waals surface area (Å²) in [5.41, 5.74) is 9.46. The normalized spacial score (nSPS) is 18.6. The molecule has 0 radical (unpaired) electrons. The van der Waals surface area contributed by atoms with Gasteiger partial charge in [-0.2, -0.15) is 0 Å². The number of anilines is 1. The molecule has 25 heavy (non-hydrogen) atoms. The maximum atomic E-state index is 6.59. The number of para-hydroxylation sites is 2. The highest BCUT2D eigenvalue weighted by Gasteiger charge is 2.45. The Morgan fingerprint density at radius 2 is 1.76 bits per heavy atom. The highest BCUT2D eigenvalue weighted by Crippen LogP contribution is 2.40. The zero-order chi connectivity index (χ0) is 17.1. The first-order valence-corrected chi connectivity index (χ1v) is 8.76. The summed E-state index contributed by atoms with van der Waals surface area (Å²) in [6, 6.07) is 18.3. The predicted molar refractivity (Wildman–Crippen MR) is 101 cm³/mol. The molecule has 6 heteroatoms. The zero-order valence-corrected chi connectivity index (χ0v) is 14.2. The van der Waals surface area contributed by atoms with E-state index in [1.165, 1.54) is 5.56 Å². The van der Waals surface area contributed by atoms with Gasteiger partial charge in [0.15, 0.2) is 0 Å². The predicted octanol–water partition coefficient (Wildman–Crippen LogP) is 1.83. The van der Waals surface area contributed by atoms with E-state index in [9.17, 15) is 0 Å². The molecule has 1 saturated heterocycles. The summed E-state index contributed by atoms with van der Waals surface area (Å²) in [7, 11) is 0. The standard InChI is InChI=1S/C19H24N6/c20-25-17-9-5-4-8-16(17)23-18(19(25)10-12-21-13-11-19)24-22-14-15-6-2-1-3-7-15/h1-9,21-22H,10-14,20H2,(H,23,24). The average Bonchev–Trinajstić information content (AvgIpc) is 2.68. The van der Waals surface area contributed by atoms with Crippen molar-refractivity contribution >= 4 is 17.2 Å². The number of nitrogens with one attached hydrogen (secondary N) is 3. The molecule has 0 atom stereocenters. The number of fused-ring (bicyclic) bond motifs is 1. The van der Waals surface area contributed by atoms with E-state index < -0.39 is 0 Å². The number of amidine groups is 1. The fourth-order valence-corrected chi connectivity index (χ4v) is 3.62. The van der Waals surface area contributed by atoms with Crippen molar-refractivity contribution < 1.29 is 0 Å². The van der Waals surface area contributed by atoms with Crippen LogP contribution in [0, 0.1) is 0 Å². The number of nitrogens with two attached hydrogens (primary N) is 1. The van der Waals surface area contributed by atoms with Crippen LogP contribution in [0.1, 0.15) is 18.4 Å². The van der Waals surface area contributed by atoms with E-state index in [4.69, 9.17) is 10.8 Å². The third-order valence-corrected chi connectivity index (χ3v) is 5.05. The van der Waals surface area contributed by atoms with E-state index in [1.54, 1.807) is 0 Å². The minimum Gasteiger partial charge on any atom is -0.317 e. The quantitative estimate of drug-likeness (QED) is 0.508. The third kappa shape index (κ3) is 3.00. The second-order valence-corrected chi connectivity index (χ2v) is 6.56. The molecule has 2 aliphatic rings. The molecule has 0 amide bonds. The van der Waals surface area contributed by atoms with Gasteiger partial charge in [0.25, 0.3) is 0 Å². The second kappa shape index (κ2) is 6.84. The van der Waals surface area contributed by atoms with Crippen LogP contribution >= 0.6 is 0 Å². The number of rotatable bonds is 3. The van der Waals surface area contributed by atoms with Gasteiger partial charge in [-0.25, -0.2) is 16.3 Å². The molecule has 0 unspecified atom stereocenters. The number of aliphatic imine (C=N–C) groups is 1. The number of piperidine rings is 1. The summed E-state index contributed by atoms with van der Waals surface area (Å²) in [6.07, 6.45) is 1.83. The Bertz CT molecular complexity index is 752. The van der Waals surface area contributed by atoms with E-state index in [0.29, 0.717) is 0 Å². The first-order chi connectivity index (χ1) is 12.3. The molecule has 0 aliphatic carbocycles. The van der Waals surface area contributed by atoms with Gasteiger partial charge < -0.3 is 10.7 Å². The number of hydrogen-bond acceptors (Lipinski definition) is 6. The van der Waals surface area contributed by atoms with E-state index in [1.807, 2.05) is 47.5 Å². The van der Waals surface area contributed by atoms with E-state index >= 15 is 0 Å². The van der Waals surface area contributed by atoms with Crippen molar-refractivity contribution in [1.82, 2.24) is 16.2 Å². The summed E-state index contributed by atoms with van der Waals surface area (Å²) in [5, 5.41) is 5.32. The topological polar surface area (TPSA) is 77.7 Å². The lowest BCUT2D eigenvalue weighted by atomic mass is 9.84. The van der Waals surface area contributed by atoms with E-state index in [-0.39, 0.29) is 5.54 Å². The Balaban J connectivity index is 1.59. The van der Waals surface area contributed by atoms with Crippen LogP contribution in [0.25, 0.3) is 0 Å². The fraction of sp³-hybridized carbons (Fsp3) is 0.316. The SMILES string of the molecule is NN1c2ccccc2N=C(NNCc2ccccc2)C12CCNCC2. The van der Waals surface area contributed by atoms with Crippen molar-refractivity contribution in [2.24, 2.45) is 10.8 Å². The highest BCUT2D eigenvalue weighted by atomic mass is 15.5. The maximum absolute atomic E-state index is 6.59. The summed E-state index contributed by atoms with van der Waals surface area (Å²) < 4.78 is 0. The van der Waals surface area contributed by atoms with Crippen LogP contribution in [-0.2, 0) is 6.54 Å². The van der Waals surface area contributed by atoms with Crippen LogP contribution in [-0.4, -0.2) is 24.5 Å². The summed E-state index contributed by atoms with van der Waals surface area (Å²) in [4.78, 5) is 4.90. The fourth-order valence-electron chi connectivity index (χ4n) is 3.62. The van der Waals surface area contributed by atoms with Gasteiger partial charge in [0.1, 0.15) is 11.4 Å². The summed E-state index contributed by atoms with van der Waals surface area (Å²) >= 11 is 0. The van der Waals surface area contributed by atoms with E-state index in [0.717, 1.165) is 49.7 Å². The number of benzene rings is 2. The minimum absolute atomic E-state index is 0.302. The lowest BCUT2D eigenvalue weighted by Crippen LogP contribution is -2.68. The van der Waals surface area contributed by atoms with Crippen molar-refractivity contribution in [3.8, 4) is 0 Å². The van der Waals surface area contributed by atoms with Gasteiger partial charge in [0, 0.05) is 6.54 Å². The zero-order valence-electron chi connectivity index (χ0n) is 14.2. The molecule has 6 nitrogen and oxygen atoms in total. The van der Waals surface area contributed by atoms with Crippen LogP contribution in [0.15, 0.2) is 59.6 Å². The molecular formula is C19H24N6. The monoisotopic (exact) mass is 336 g/mol. The van der Waals surface area contributed by atoms with Crippen molar-refractivity contribution in [3.63, 3.8) is 0 Å². The van der Waals surface area contributed by atoms with Gasteiger partial charge >= 0.3 is 0 Å². The molecule has 2 aliphatic heterocycles. The van der Waals surface area contributed by atoms with Crippen molar-refractivity contribution in [3.05, 3.63) is 60.2 Å². The van der Waals surface area contributed by atoms with Crippen molar-refractivity contribution in [2.75, 3.05) is 18.1 Å². The number of nitrogens with zero attached hydrogens (tertiary/aromatic N) is 2. The number of hydrogen-bond donors (Lipinski definition) is 4. The van der Waals surface area contributed by atoms with Gasteiger partial charge in [-0.3, -0.25) is 5.01 Å². The van der Waals surface area contributed by atoms with Crippen LogP contribution < -0.4 is 27.0 Å². The van der Waals surface area contributed by atoms with Crippen LogP contribution in [0.2, 0.25) is 0 Å². The Morgan fingerprint density at radius 1 is 1.04 bits per heavy atom. The van der Waals surface area contributed by atoms with Crippen LogP contribution in [0.5, 0.6) is 0 Å². The molecule has 1 fully saturated rings. The summed E-state index contributed by atoms with van der Waals surface area (Å²) in [5.74, 6) is 7.48. The number of hydrazine groups is 2. The summed E-state index contributed by atoms with van der Waals surface area (Å²) in [6.45, 7) is 2.57. The molecule has 5 N–H and O–H groups in total. The average molecular weight is 336 g/mol. The molecule has 0 bridgehead atoms. The Kier molecular flexibility index (Phi) is 4.40. The van der Waals surface area contributed by atoms with E-state index in [2.05, 4.69) is 28.3 Å². The van der Waals surface area contributed by atoms with Gasteiger partial charge in [0.2, 0.25) is 0 Å². The smallest absolute Gasteiger partial charge is 0.144 e. The lowest BCUT2D eigenvalue weighted by Gasteiger charge is -2.48. The second-order valence-electron chi connectivity index (χ2n) is 6.56. The van der Waals surface area contributed by atoms with Crippen molar-refractivity contribution in [2.45, 2.75) is 24.9 Å². The van der Waals surface area contributed by atoms with Gasteiger partial charge in [0.05, 0.1) is 11.4 Å². The molecule has 0 aromatic heterocycles. The molecular weight excluding hydrogens is 312 g/mol. The molecule has 4 rings (SSSR count). The van der Waals surface area contributed by atoms with Gasteiger partial charge in [-0.05, 0) is 43.6 Å². The molecule has 2 aromatic carbocycles. The first-order valence-electron chi connectivity index (χ1n) is 8.76. The van der Waals surface area contributed by atoms with Crippen LogP contribution in [0.4, 0.5) is 11.4 Å². The molecule has 1 spiro atoms. The third-order valence-electron chi connectivity index (χ3n) is 5.05. The Hall–Kier alpha value is -2.41. The highest BCUT2D eigenvalue weighted by molar-refractivity contribution is 6.00. The largest absolute Gasteiger partial charge is 0.317 e. The Morgan fingerprint density at radius 3 is 2.56 bits per heavy atom. The Labute approximate surface area is 148 Å².